The molecule has 0 aliphatic carbocycles. The van der Waals surface area contributed by atoms with Crippen LogP contribution in [-0.2, 0) is 11.2 Å². The number of carbonyl (C=O) groups excluding carboxylic acids is 2. The van der Waals surface area contributed by atoms with Crippen LogP contribution in [0.4, 0.5) is 4.79 Å². The molecule has 3 rings (SSSR count). The van der Waals surface area contributed by atoms with Crippen molar-refractivity contribution in [1.82, 2.24) is 15.1 Å². The van der Waals surface area contributed by atoms with E-state index in [4.69, 9.17) is 4.74 Å². The van der Waals surface area contributed by atoms with Crippen molar-refractivity contribution >= 4 is 11.9 Å². The van der Waals surface area contributed by atoms with Crippen molar-refractivity contribution in [3.8, 4) is 5.75 Å². The lowest BCUT2D eigenvalue weighted by Gasteiger charge is -2.37. The summed E-state index contributed by atoms with van der Waals surface area (Å²) in [6.45, 7) is 4.83. The smallest absolute Gasteiger partial charge is 0.317 e. The summed E-state index contributed by atoms with van der Waals surface area (Å²) < 4.78 is 5.37. The lowest BCUT2D eigenvalue weighted by atomic mass is 10.0. The second kappa shape index (κ2) is 7.11. The number of ether oxygens (including phenoxy) is 1. The fourth-order valence-electron chi connectivity index (χ4n) is 3.59. The molecule has 6 nitrogen and oxygen atoms in total. The number of carbonyl (C=O) groups is 2. The van der Waals surface area contributed by atoms with E-state index in [1.54, 1.807) is 7.11 Å². The fraction of sp³-hybridized carbons (Fsp3) is 0.556. The van der Waals surface area contributed by atoms with Crippen LogP contribution in [0.15, 0.2) is 18.2 Å². The number of rotatable bonds is 4. The minimum absolute atomic E-state index is 0.00495. The summed E-state index contributed by atoms with van der Waals surface area (Å²) in [5.74, 6) is 0.852. The predicted molar refractivity (Wildman–Crippen MR) is 91.1 cm³/mol. The maximum atomic E-state index is 12.7. The summed E-state index contributed by atoms with van der Waals surface area (Å²) in [6.07, 6.45) is 2.24. The summed E-state index contributed by atoms with van der Waals surface area (Å²) in [5, 5.41) is 2.84. The molecule has 0 saturated carbocycles. The van der Waals surface area contributed by atoms with Gasteiger partial charge in [0, 0.05) is 31.7 Å². The molecule has 0 aromatic heterocycles. The number of hydrogen-bond acceptors (Lipinski definition) is 3. The standard InChI is InChI=1S/C18H25N3O3/c1-13-5-6-16(24-2)14(10-13)11-17(22)20-8-3-4-15(12-20)21-9-7-19-18(21)23/h5-6,10,15H,3-4,7-9,11-12H2,1-2H3,(H,19,23)/t15-/m1/s1. The zero-order valence-electron chi connectivity index (χ0n) is 14.4. The Kier molecular flexibility index (Phi) is 4.92. The van der Waals surface area contributed by atoms with Gasteiger partial charge in [-0.1, -0.05) is 17.7 Å². The first-order chi connectivity index (χ1) is 11.6. The third kappa shape index (κ3) is 3.47. The molecule has 2 heterocycles. The largest absolute Gasteiger partial charge is 0.496 e. The Bertz CT molecular complexity index is 632. The highest BCUT2D eigenvalue weighted by Gasteiger charge is 2.32. The molecule has 1 aromatic carbocycles. The molecule has 1 aromatic rings. The van der Waals surface area contributed by atoms with Crippen molar-refractivity contribution in [3.05, 3.63) is 29.3 Å². The van der Waals surface area contributed by atoms with E-state index in [9.17, 15) is 9.59 Å². The average Bonchev–Trinajstić information content (AvgIpc) is 3.01. The Hall–Kier alpha value is -2.24. The van der Waals surface area contributed by atoms with Crippen molar-refractivity contribution in [2.24, 2.45) is 0 Å². The van der Waals surface area contributed by atoms with Gasteiger partial charge in [-0.3, -0.25) is 4.79 Å². The van der Waals surface area contributed by atoms with Crippen molar-refractivity contribution in [3.63, 3.8) is 0 Å². The third-order valence-corrected chi connectivity index (χ3v) is 4.86. The highest BCUT2D eigenvalue weighted by molar-refractivity contribution is 5.80. The van der Waals surface area contributed by atoms with Crippen LogP contribution in [0, 0.1) is 6.92 Å². The van der Waals surface area contributed by atoms with Crippen molar-refractivity contribution in [1.29, 1.82) is 0 Å². The zero-order valence-corrected chi connectivity index (χ0v) is 14.4. The van der Waals surface area contributed by atoms with Crippen molar-refractivity contribution in [2.45, 2.75) is 32.2 Å². The molecule has 2 aliphatic rings. The molecule has 3 amide bonds. The molecular weight excluding hydrogens is 306 g/mol. The Balaban J connectivity index is 1.66. The number of urea groups is 1. The number of likely N-dealkylation sites (tertiary alicyclic amines) is 1. The van der Waals surface area contributed by atoms with Gasteiger partial charge in [-0.25, -0.2) is 4.79 Å². The van der Waals surface area contributed by atoms with Gasteiger partial charge in [-0.2, -0.15) is 0 Å². The normalized spacial score (nSPS) is 20.9. The molecule has 130 valence electrons. The lowest BCUT2D eigenvalue weighted by Crippen LogP contribution is -2.51. The second-order valence-corrected chi connectivity index (χ2v) is 6.55. The topological polar surface area (TPSA) is 61.9 Å². The number of nitrogens with one attached hydrogen (secondary N) is 1. The highest BCUT2D eigenvalue weighted by Crippen LogP contribution is 2.23. The molecule has 1 atom stereocenters. The van der Waals surface area contributed by atoms with E-state index in [0.29, 0.717) is 19.5 Å². The van der Waals surface area contributed by atoms with E-state index in [2.05, 4.69) is 5.32 Å². The van der Waals surface area contributed by atoms with Crippen LogP contribution in [0.1, 0.15) is 24.0 Å². The molecule has 0 spiro atoms. The van der Waals surface area contributed by atoms with Crippen LogP contribution < -0.4 is 10.1 Å². The molecule has 1 N–H and O–H groups in total. The first kappa shape index (κ1) is 16.6. The summed E-state index contributed by atoms with van der Waals surface area (Å²) in [6, 6.07) is 6.02. The van der Waals surface area contributed by atoms with E-state index >= 15 is 0 Å². The summed E-state index contributed by atoms with van der Waals surface area (Å²) in [4.78, 5) is 28.4. The minimum Gasteiger partial charge on any atom is -0.496 e. The maximum absolute atomic E-state index is 12.7. The lowest BCUT2D eigenvalue weighted by molar-refractivity contribution is -0.132. The van der Waals surface area contributed by atoms with Gasteiger partial charge in [0.05, 0.1) is 19.6 Å². The number of methoxy groups -OCH3 is 1. The Morgan fingerprint density at radius 2 is 2.21 bits per heavy atom. The molecule has 0 unspecified atom stereocenters. The van der Waals surface area contributed by atoms with Gasteiger partial charge >= 0.3 is 6.03 Å². The van der Waals surface area contributed by atoms with Gasteiger partial charge in [0.25, 0.3) is 0 Å². The van der Waals surface area contributed by atoms with Gasteiger partial charge in [0.2, 0.25) is 5.91 Å². The first-order valence-corrected chi connectivity index (χ1v) is 8.54. The molecule has 2 aliphatic heterocycles. The molecule has 24 heavy (non-hydrogen) atoms. The first-order valence-electron chi connectivity index (χ1n) is 8.54. The van der Waals surface area contributed by atoms with Crippen molar-refractivity contribution < 1.29 is 14.3 Å². The SMILES string of the molecule is COc1ccc(C)cc1CC(=O)N1CCC[C@@H](N2CCNC2=O)C1. The second-order valence-electron chi connectivity index (χ2n) is 6.55. The van der Waals surface area contributed by atoms with Gasteiger partial charge in [-0.05, 0) is 25.8 Å². The number of nitrogens with zero attached hydrogens (tertiary/aromatic N) is 2. The zero-order chi connectivity index (χ0) is 17.1. The maximum Gasteiger partial charge on any atom is 0.317 e. The number of benzene rings is 1. The van der Waals surface area contributed by atoms with Crippen molar-refractivity contribution in [2.75, 3.05) is 33.3 Å². The van der Waals surface area contributed by atoms with Gasteiger partial charge in [0.1, 0.15) is 5.75 Å². The van der Waals surface area contributed by atoms with E-state index in [1.165, 1.54) is 0 Å². The Morgan fingerprint density at radius 3 is 2.92 bits per heavy atom. The molecule has 2 saturated heterocycles. The van der Waals surface area contributed by atoms with E-state index in [-0.39, 0.29) is 18.0 Å². The Labute approximate surface area is 142 Å². The minimum atomic E-state index is -0.00495. The van der Waals surface area contributed by atoms with E-state index in [0.717, 1.165) is 42.8 Å². The Morgan fingerprint density at radius 1 is 1.38 bits per heavy atom. The number of amides is 3. The molecule has 2 fully saturated rings. The van der Waals surface area contributed by atoms with Gasteiger partial charge in [-0.15, -0.1) is 0 Å². The highest BCUT2D eigenvalue weighted by atomic mass is 16.5. The van der Waals surface area contributed by atoms with Crippen LogP contribution in [-0.4, -0.2) is 61.1 Å². The number of piperidine rings is 1. The summed E-state index contributed by atoms with van der Waals surface area (Å²) >= 11 is 0. The van der Waals surface area contributed by atoms with Crippen LogP contribution in [0.25, 0.3) is 0 Å². The van der Waals surface area contributed by atoms with Gasteiger partial charge in [0.15, 0.2) is 0 Å². The third-order valence-electron chi connectivity index (χ3n) is 4.86. The molecule has 0 bridgehead atoms. The van der Waals surface area contributed by atoms with Crippen LogP contribution in [0.3, 0.4) is 0 Å². The van der Waals surface area contributed by atoms with Gasteiger partial charge < -0.3 is 19.9 Å². The van der Waals surface area contributed by atoms with E-state index < -0.39 is 0 Å². The van der Waals surface area contributed by atoms with Crippen LogP contribution in [0.5, 0.6) is 5.75 Å². The summed E-state index contributed by atoms with van der Waals surface area (Å²) in [7, 11) is 1.63. The molecular formula is C18H25N3O3. The average molecular weight is 331 g/mol. The quantitative estimate of drug-likeness (QED) is 0.911. The van der Waals surface area contributed by atoms with E-state index in [1.807, 2.05) is 34.9 Å². The summed E-state index contributed by atoms with van der Waals surface area (Å²) in [5.41, 5.74) is 2.03. The molecule has 0 radical (unpaired) electrons. The molecule has 6 heteroatoms. The number of hydrogen-bond donors (Lipinski definition) is 1. The van der Waals surface area contributed by atoms with Crippen LogP contribution >= 0.6 is 0 Å². The van der Waals surface area contributed by atoms with Crippen LogP contribution in [0.2, 0.25) is 0 Å². The fourth-order valence-corrected chi connectivity index (χ4v) is 3.59. The predicted octanol–water partition coefficient (Wildman–Crippen LogP) is 1.56. The monoisotopic (exact) mass is 331 g/mol. The number of aryl methyl sites for hydroxylation is 1.